The van der Waals surface area contributed by atoms with Gasteiger partial charge in [0.15, 0.2) is 0 Å². The van der Waals surface area contributed by atoms with Crippen molar-refractivity contribution in [2.24, 2.45) is 5.92 Å². The van der Waals surface area contributed by atoms with Crippen LogP contribution in [0.3, 0.4) is 0 Å². The van der Waals surface area contributed by atoms with Gasteiger partial charge in [-0.2, -0.15) is 0 Å². The van der Waals surface area contributed by atoms with E-state index in [0.29, 0.717) is 17.1 Å². The predicted octanol–water partition coefficient (Wildman–Crippen LogP) is 1.53. The molecule has 0 aliphatic carbocycles. The van der Waals surface area contributed by atoms with E-state index >= 15 is 0 Å². The molecule has 15 heavy (non-hydrogen) atoms. The molecule has 1 heterocycles. The van der Waals surface area contributed by atoms with E-state index in [1.807, 2.05) is 0 Å². The van der Waals surface area contributed by atoms with Crippen molar-refractivity contribution in [2.45, 2.75) is 24.6 Å². The predicted molar refractivity (Wildman–Crippen MR) is 67.3 cm³/mol. The number of piperidine rings is 1. The average Bonchev–Trinajstić information content (AvgIpc) is 2.14. The Kier molecular flexibility index (Phi) is 5.06. The second kappa shape index (κ2) is 5.64. The summed E-state index contributed by atoms with van der Waals surface area (Å²) >= 11 is 3.61. The standard InChI is InChI=1S/C10H20BrNO2S/c1-9(11)10-3-5-12(6-4-10)7-8-15(2,13)14/h9-10H,3-8H2,1-2H3. The summed E-state index contributed by atoms with van der Waals surface area (Å²) in [5.74, 6) is 1.04. The van der Waals surface area contributed by atoms with Gasteiger partial charge in [-0.15, -0.1) is 0 Å². The number of hydrogen-bond acceptors (Lipinski definition) is 3. The molecule has 0 saturated carbocycles. The Morgan fingerprint density at radius 2 is 1.93 bits per heavy atom. The topological polar surface area (TPSA) is 37.4 Å². The normalized spacial score (nSPS) is 22.9. The summed E-state index contributed by atoms with van der Waals surface area (Å²) in [4.78, 5) is 2.84. The van der Waals surface area contributed by atoms with Crippen molar-refractivity contribution < 1.29 is 8.42 Å². The molecular formula is C10H20BrNO2S. The molecular weight excluding hydrogens is 278 g/mol. The van der Waals surface area contributed by atoms with Gasteiger partial charge in [-0.1, -0.05) is 22.9 Å². The first-order valence-electron chi connectivity index (χ1n) is 5.42. The minimum Gasteiger partial charge on any atom is -0.302 e. The number of nitrogens with zero attached hydrogens (tertiary/aromatic N) is 1. The van der Waals surface area contributed by atoms with Crippen molar-refractivity contribution in [3.05, 3.63) is 0 Å². The number of likely N-dealkylation sites (tertiary alicyclic amines) is 1. The van der Waals surface area contributed by atoms with Gasteiger partial charge in [-0.05, 0) is 31.8 Å². The quantitative estimate of drug-likeness (QED) is 0.739. The van der Waals surface area contributed by atoms with Crippen molar-refractivity contribution in [3.63, 3.8) is 0 Å². The number of alkyl halides is 1. The molecule has 1 atom stereocenters. The molecule has 0 spiro atoms. The van der Waals surface area contributed by atoms with Crippen LogP contribution in [-0.4, -0.2) is 49.8 Å². The average molecular weight is 298 g/mol. The number of rotatable bonds is 4. The SMILES string of the molecule is CC(Br)C1CCN(CCS(C)(=O)=O)CC1. The highest BCUT2D eigenvalue weighted by atomic mass is 79.9. The van der Waals surface area contributed by atoms with Gasteiger partial charge < -0.3 is 4.90 Å². The lowest BCUT2D eigenvalue weighted by Crippen LogP contribution is -2.38. The third-order valence-corrected chi connectivity index (χ3v) is 4.73. The van der Waals surface area contributed by atoms with Gasteiger partial charge in [0, 0.05) is 17.6 Å². The van der Waals surface area contributed by atoms with Gasteiger partial charge in [0.25, 0.3) is 0 Å². The van der Waals surface area contributed by atoms with E-state index in [4.69, 9.17) is 0 Å². The van der Waals surface area contributed by atoms with Crippen LogP contribution in [0.4, 0.5) is 0 Å². The highest BCUT2D eigenvalue weighted by Crippen LogP contribution is 2.24. The molecule has 1 aliphatic heterocycles. The molecule has 0 aromatic carbocycles. The minimum absolute atomic E-state index is 0.293. The van der Waals surface area contributed by atoms with Crippen LogP contribution < -0.4 is 0 Å². The summed E-state index contributed by atoms with van der Waals surface area (Å²) in [6.07, 6.45) is 3.66. The molecule has 0 amide bonds. The summed E-state index contributed by atoms with van der Waals surface area (Å²) < 4.78 is 22.0. The molecule has 1 saturated heterocycles. The summed E-state index contributed by atoms with van der Waals surface area (Å²) in [5, 5.41) is 0. The van der Waals surface area contributed by atoms with Crippen LogP contribution in [0.1, 0.15) is 19.8 Å². The molecule has 3 nitrogen and oxygen atoms in total. The Bertz CT molecular complexity index is 282. The number of hydrogen-bond donors (Lipinski definition) is 0. The molecule has 0 aromatic heterocycles. The Hall–Kier alpha value is 0.390. The fraction of sp³-hybridized carbons (Fsp3) is 1.00. The lowest BCUT2D eigenvalue weighted by atomic mass is 9.94. The Labute approximate surface area is 101 Å². The molecule has 1 fully saturated rings. The Balaban J connectivity index is 2.26. The Morgan fingerprint density at radius 3 is 2.33 bits per heavy atom. The zero-order valence-corrected chi connectivity index (χ0v) is 11.8. The van der Waals surface area contributed by atoms with Crippen LogP contribution in [0.5, 0.6) is 0 Å². The summed E-state index contributed by atoms with van der Waals surface area (Å²) in [7, 11) is -2.80. The molecule has 5 heteroatoms. The van der Waals surface area contributed by atoms with Crippen LogP contribution >= 0.6 is 15.9 Å². The van der Waals surface area contributed by atoms with Crippen molar-refractivity contribution >= 4 is 25.8 Å². The zero-order chi connectivity index (χ0) is 11.5. The maximum atomic E-state index is 11.0. The largest absolute Gasteiger partial charge is 0.302 e. The van der Waals surface area contributed by atoms with Crippen LogP contribution in [-0.2, 0) is 9.84 Å². The molecule has 0 N–H and O–H groups in total. The lowest BCUT2D eigenvalue weighted by molar-refractivity contribution is 0.194. The highest BCUT2D eigenvalue weighted by Gasteiger charge is 2.22. The van der Waals surface area contributed by atoms with E-state index in [9.17, 15) is 8.42 Å². The van der Waals surface area contributed by atoms with Crippen molar-refractivity contribution in [2.75, 3.05) is 31.6 Å². The van der Waals surface area contributed by atoms with E-state index in [2.05, 4.69) is 27.8 Å². The number of sulfone groups is 1. The second-order valence-electron chi connectivity index (χ2n) is 4.49. The molecule has 90 valence electrons. The maximum absolute atomic E-state index is 11.0. The minimum atomic E-state index is -2.80. The van der Waals surface area contributed by atoms with Gasteiger partial charge in [0.05, 0.1) is 5.75 Å². The molecule has 0 bridgehead atoms. The third kappa shape index (κ3) is 5.31. The van der Waals surface area contributed by atoms with E-state index in [0.717, 1.165) is 19.0 Å². The first kappa shape index (κ1) is 13.5. The van der Waals surface area contributed by atoms with E-state index < -0.39 is 9.84 Å². The highest BCUT2D eigenvalue weighted by molar-refractivity contribution is 9.09. The fourth-order valence-corrected chi connectivity index (χ4v) is 3.05. The molecule has 0 aromatic rings. The van der Waals surface area contributed by atoms with Gasteiger partial charge in [0.1, 0.15) is 9.84 Å². The van der Waals surface area contributed by atoms with Crippen LogP contribution in [0, 0.1) is 5.92 Å². The van der Waals surface area contributed by atoms with E-state index in [1.165, 1.54) is 19.1 Å². The first-order chi connectivity index (χ1) is 6.88. The van der Waals surface area contributed by atoms with Crippen molar-refractivity contribution in [1.82, 2.24) is 4.90 Å². The lowest BCUT2D eigenvalue weighted by Gasteiger charge is -2.32. The second-order valence-corrected chi connectivity index (χ2v) is 8.19. The van der Waals surface area contributed by atoms with Gasteiger partial charge in [-0.25, -0.2) is 8.42 Å². The molecule has 0 radical (unpaired) electrons. The van der Waals surface area contributed by atoms with Crippen LogP contribution in [0.15, 0.2) is 0 Å². The first-order valence-corrected chi connectivity index (χ1v) is 8.40. The van der Waals surface area contributed by atoms with Crippen molar-refractivity contribution in [1.29, 1.82) is 0 Å². The molecule has 1 aliphatic rings. The van der Waals surface area contributed by atoms with Crippen molar-refractivity contribution in [3.8, 4) is 0 Å². The van der Waals surface area contributed by atoms with Crippen LogP contribution in [0.2, 0.25) is 0 Å². The Morgan fingerprint density at radius 1 is 1.40 bits per heavy atom. The molecule has 1 unspecified atom stereocenters. The van der Waals surface area contributed by atoms with Gasteiger partial charge in [-0.3, -0.25) is 0 Å². The fourth-order valence-electron chi connectivity index (χ4n) is 1.93. The summed E-state index contributed by atoms with van der Waals surface area (Å²) in [5.41, 5.74) is 0. The summed E-state index contributed by atoms with van der Waals surface area (Å²) in [6.45, 7) is 4.96. The van der Waals surface area contributed by atoms with Crippen LogP contribution in [0.25, 0.3) is 0 Å². The van der Waals surface area contributed by atoms with E-state index in [1.54, 1.807) is 0 Å². The monoisotopic (exact) mass is 297 g/mol. The number of halogens is 1. The summed E-state index contributed by atoms with van der Waals surface area (Å²) in [6, 6.07) is 0. The van der Waals surface area contributed by atoms with Gasteiger partial charge >= 0.3 is 0 Å². The van der Waals surface area contributed by atoms with E-state index in [-0.39, 0.29) is 0 Å². The maximum Gasteiger partial charge on any atom is 0.148 e. The third-order valence-electron chi connectivity index (χ3n) is 3.06. The molecule has 1 rings (SSSR count). The zero-order valence-electron chi connectivity index (χ0n) is 9.45. The smallest absolute Gasteiger partial charge is 0.148 e. The van der Waals surface area contributed by atoms with Gasteiger partial charge in [0.2, 0.25) is 0 Å².